The molecule has 2 fully saturated rings. The Morgan fingerprint density at radius 2 is 2.00 bits per heavy atom. The summed E-state index contributed by atoms with van der Waals surface area (Å²) in [6, 6.07) is 0. The second-order valence-electron chi connectivity index (χ2n) is 6.30. The van der Waals surface area contributed by atoms with Crippen LogP contribution in [0.15, 0.2) is 0 Å². The smallest absolute Gasteiger partial charge is 0.308 e. The molecule has 0 aromatic rings. The van der Waals surface area contributed by atoms with Crippen LogP contribution in [0.5, 0.6) is 0 Å². The lowest BCUT2D eigenvalue weighted by atomic mass is 9.90. The summed E-state index contributed by atoms with van der Waals surface area (Å²) in [4.78, 5) is 38.7. The number of amides is 2. The number of rotatable bonds is 3. The van der Waals surface area contributed by atoms with Crippen LogP contribution in [0.3, 0.4) is 0 Å². The standard InChI is InChI=1S/C15H24N2O4/c1-11-7-12(15(20)21)9-17(8-11)14(19)10-16-6-4-2-3-5-13(16)18/h11-12H,2-10H2,1H3,(H,20,21). The van der Waals surface area contributed by atoms with E-state index in [-0.39, 0.29) is 30.8 Å². The van der Waals surface area contributed by atoms with Gasteiger partial charge in [-0.2, -0.15) is 0 Å². The molecule has 0 aliphatic carbocycles. The number of likely N-dealkylation sites (tertiary alicyclic amines) is 2. The van der Waals surface area contributed by atoms with Crippen LogP contribution < -0.4 is 0 Å². The molecule has 2 atom stereocenters. The molecule has 2 rings (SSSR count). The van der Waals surface area contributed by atoms with Crippen molar-refractivity contribution in [1.29, 1.82) is 0 Å². The molecule has 2 aliphatic heterocycles. The van der Waals surface area contributed by atoms with Crippen molar-refractivity contribution in [3.63, 3.8) is 0 Å². The average molecular weight is 296 g/mol. The van der Waals surface area contributed by atoms with Crippen LogP contribution in [0.1, 0.15) is 39.0 Å². The largest absolute Gasteiger partial charge is 0.481 e. The van der Waals surface area contributed by atoms with E-state index in [4.69, 9.17) is 5.11 Å². The van der Waals surface area contributed by atoms with E-state index in [9.17, 15) is 14.4 Å². The summed E-state index contributed by atoms with van der Waals surface area (Å²) >= 11 is 0. The molecule has 0 bridgehead atoms. The molecule has 0 aromatic carbocycles. The second kappa shape index (κ2) is 6.91. The molecule has 0 radical (unpaired) electrons. The van der Waals surface area contributed by atoms with Gasteiger partial charge in [-0.1, -0.05) is 13.3 Å². The van der Waals surface area contributed by atoms with E-state index in [0.29, 0.717) is 25.9 Å². The molecule has 118 valence electrons. The first-order chi connectivity index (χ1) is 9.97. The van der Waals surface area contributed by atoms with Crippen molar-refractivity contribution < 1.29 is 19.5 Å². The SMILES string of the molecule is CC1CC(C(=O)O)CN(C(=O)CN2CCCCCC2=O)C1. The van der Waals surface area contributed by atoms with Gasteiger partial charge in [0.25, 0.3) is 0 Å². The van der Waals surface area contributed by atoms with Gasteiger partial charge in [0.15, 0.2) is 0 Å². The molecule has 2 aliphatic rings. The van der Waals surface area contributed by atoms with Gasteiger partial charge in [-0.3, -0.25) is 14.4 Å². The highest BCUT2D eigenvalue weighted by atomic mass is 16.4. The van der Waals surface area contributed by atoms with E-state index in [1.165, 1.54) is 0 Å². The number of carbonyl (C=O) groups is 3. The van der Waals surface area contributed by atoms with Crippen LogP contribution >= 0.6 is 0 Å². The van der Waals surface area contributed by atoms with Gasteiger partial charge in [0.2, 0.25) is 11.8 Å². The quantitative estimate of drug-likeness (QED) is 0.841. The summed E-state index contributed by atoms with van der Waals surface area (Å²) in [6.07, 6.45) is 3.99. The lowest BCUT2D eigenvalue weighted by Gasteiger charge is -2.35. The van der Waals surface area contributed by atoms with Gasteiger partial charge in [-0.15, -0.1) is 0 Å². The number of nitrogens with zero attached hydrogens (tertiary/aromatic N) is 2. The summed E-state index contributed by atoms with van der Waals surface area (Å²) in [6.45, 7) is 3.55. The van der Waals surface area contributed by atoms with Gasteiger partial charge >= 0.3 is 5.97 Å². The van der Waals surface area contributed by atoms with Gasteiger partial charge in [-0.25, -0.2) is 0 Å². The number of hydrogen-bond acceptors (Lipinski definition) is 3. The zero-order valence-corrected chi connectivity index (χ0v) is 12.6. The van der Waals surface area contributed by atoms with E-state index in [0.717, 1.165) is 19.3 Å². The summed E-state index contributed by atoms with van der Waals surface area (Å²) < 4.78 is 0. The summed E-state index contributed by atoms with van der Waals surface area (Å²) in [7, 11) is 0. The fourth-order valence-electron chi connectivity index (χ4n) is 3.20. The number of aliphatic carboxylic acids is 1. The van der Waals surface area contributed by atoms with E-state index < -0.39 is 11.9 Å². The number of carbonyl (C=O) groups excluding carboxylic acids is 2. The summed E-state index contributed by atoms with van der Waals surface area (Å²) in [5, 5.41) is 9.15. The molecule has 0 saturated carbocycles. The van der Waals surface area contributed by atoms with Crippen LogP contribution in [0, 0.1) is 11.8 Å². The number of carboxylic acids is 1. The zero-order valence-electron chi connectivity index (χ0n) is 12.6. The molecule has 6 heteroatoms. The van der Waals surface area contributed by atoms with Crippen molar-refractivity contribution in [3.8, 4) is 0 Å². The third-order valence-electron chi connectivity index (χ3n) is 4.36. The minimum Gasteiger partial charge on any atom is -0.481 e. The summed E-state index contributed by atoms with van der Waals surface area (Å²) in [5.74, 6) is -1.23. The maximum atomic E-state index is 12.4. The van der Waals surface area contributed by atoms with E-state index in [1.54, 1.807) is 9.80 Å². The van der Waals surface area contributed by atoms with E-state index in [2.05, 4.69) is 0 Å². The van der Waals surface area contributed by atoms with Gasteiger partial charge in [0.05, 0.1) is 12.5 Å². The Labute approximate surface area is 125 Å². The Hall–Kier alpha value is -1.59. The fourth-order valence-corrected chi connectivity index (χ4v) is 3.20. The average Bonchev–Trinajstić information content (AvgIpc) is 2.63. The van der Waals surface area contributed by atoms with Crippen LogP contribution in [0.4, 0.5) is 0 Å². The minimum atomic E-state index is -0.842. The molecule has 2 heterocycles. The van der Waals surface area contributed by atoms with Crippen molar-refractivity contribution in [2.75, 3.05) is 26.2 Å². The maximum absolute atomic E-state index is 12.4. The van der Waals surface area contributed by atoms with Gasteiger partial charge in [-0.05, 0) is 25.2 Å². The highest BCUT2D eigenvalue weighted by Crippen LogP contribution is 2.22. The highest BCUT2D eigenvalue weighted by molar-refractivity contribution is 5.85. The predicted molar refractivity (Wildman–Crippen MR) is 76.5 cm³/mol. The van der Waals surface area contributed by atoms with Gasteiger partial charge in [0.1, 0.15) is 0 Å². The maximum Gasteiger partial charge on any atom is 0.308 e. The topological polar surface area (TPSA) is 77.9 Å². The molecular weight excluding hydrogens is 272 g/mol. The highest BCUT2D eigenvalue weighted by Gasteiger charge is 2.32. The third kappa shape index (κ3) is 4.19. The Bertz CT molecular complexity index is 424. The van der Waals surface area contributed by atoms with Crippen LogP contribution in [0.2, 0.25) is 0 Å². The van der Waals surface area contributed by atoms with Crippen molar-refractivity contribution >= 4 is 17.8 Å². The second-order valence-corrected chi connectivity index (χ2v) is 6.30. The predicted octanol–water partition coefficient (Wildman–Crippen LogP) is 0.958. The summed E-state index contributed by atoms with van der Waals surface area (Å²) in [5.41, 5.74) is 0. The van der Waals surface area contributed by atoms with Gasteiger partial charge < -0.3 is 14.9 Å². The van der Waals surface area contributed by atoms with Crippen molar-refractivity contribution in [3.05, 3.63) is 0 Å². The zero-order chi connectivity index (χ0) is 15.4. The van der Waals surface area contributed by atoms with Crippen molar-refractivity contribution in [1.82, 2.24) is 9.80 Å². The molecule has 1 N–H and O–H groups in total. The van der Waals surface area contributed by atoms with Gasteiger partial charge in [0, 0.05) is 26.1 Å². The normalized spacial score (nSPS) is 27.4. The van der Waals surface area contributed by atoms with Crippen molar-refractivity contribution in [2.24, 2.45) is 11.8 Å². The molecule has 21 heavy (non-hydrogen) atoms. The van der Waals surface area contributed by atoms with Crippen LogP contribution in [0.25, 0.3) is 0 Å². The number of hydrogen-bond donors (Lipinski definition) is 1. The molecular formula is C15H24N2O4. The molecule has 2 amide bonds. The Morgan fingerprint density at radius 3 is 2.71 bits per heavy atom. The van der Waals surface area contributed by atoms with Crippen molar-refractivity contribution in [2.45, 2.75) is 39.0 Å². The first-order valence-corrected chi connectivity index (χ1v) is 7.75. The Kier molecular flexibility index (Phi) is 5.20. The molecule has 0 aromatic heterocycles. The minimum absolute atomic E-state index is 0.0423. The molecule has 2 saturated heterocycles. The lowest BCUT2D eigenvalue weighted by Crippen LogP contribution is -2.49. The van der Waals surface area contributed by atoms with E-state index >= 15 is 0 Å². The third-order valence-corrected chi connectivity index (χ3v) is 4.36. The number of carboxylic acid groups (broad SMARTS) is 1. The van der Waals surface area contributed by atoms with Crippen LogP contribution in [-0.4, -0.2) is 58.9 Å². The molecule has 0 spiro atoms. The Morgan fingerprint density at radius 1 is 1.24 bits per heavy atom. The van der Waals surface area contributed by atoms with E-state index in [1.807, 2.05) is 6.92 Å². The first kappa shape index (κ1) is 15.8. The molecule has 6 nitrogen and oxygen atoms in total. The number of piperidine rings is 1. The van der Waals surface area contributed by atoms with Crippen LogP contribution in [-0.2, 0) is 14.4 Å². The monoisotopic (exact) mass is 296 g/mol. The first-order valence-electron chi connectivity index (χ1n) is 7.75. The fraction of sp³-hybridized carbons (Fsp3) is 0.800. The lowest BCUT2D eigenvalue weighted by molar-refractivity contribution is -0.148. The molecule has 2 unspecified atom stereocenters. The Balaban J connectivity index is 1.95.